The van der Waals surface area contributed by atoms with Crippen molar-refractivity contribution in [2.45, 2.75) is 19.4 Å². The molecule has 0 radical (unpaired) electrons. The highest BCUT2D eigenvalue weighted by Crippen LogP contribution is 2.05. The zero-order valence-electron chi connectivity index (χ0n) is 6.84. The fourth-order valence-electron chi connectivity index (χ4n) is 0.499. The molecule has 1 N–H and O–H groups in total. The molecule has 0 amide bonds. The van der Waals surface area contributed by atoms with Crippen LogP contribution < -0.4 is 12.4 Å². The van der Waals surface area contributed by atoms with Crippen molar-refractivity contribution in [3.63, 3.8) is 0 Å². The van der Waals surface area contributed by atoms with Crippen LogP contribution in [0.15, 0.2) is 12.7 Å². The van der Waals surface area contributed by atoms with Crippen LogP contribution in [0, 0.1) is 0 Å². The molecule has 0 spiro atoms. The van der Waals surface area contributed by atoms with E-state index in [4.69, 9.17) is 0 Å². The number of hydrogen-bond acceptors (Lipinski definition) is 1. The average Bonchev–Trinajstić information content (AvgIpc) is 1.64. The number of nitrogens with zero attached hydrogens (tertiary/aromatic N) is 1. The first kappa shape index (κ1) is 12.6. The summed E-state index contributed by atoms with van der Waals surface area (Å²) in [5.74, 6) is 0. The second kappa shape index (κ2) is 4.72. The molecule has 0 aromatic rings. The highest BCUT2D eigenvalue weighted by atomic mass is 35.5. The minimum absolute atomic E-state index is 0. The molecule has 0 aromatic carbocycles. The van der Waals surface area contributed by atoms with Gasteiger partial charge in [0.15, 0.2) is 0 Å². The van der Waals surface area contributed by atoms with Gasteiger partial charge in [-0.2, -0.15) is 4.65 Å². The first-order chi connectivity index (χ1) is 3.98. The molecule has 0 rings (SSSR count). The van der Waals surface area contributed by atoms with Crippen LogP contribution in [0.5, 0.6) is 0 Å². The highest BCUT2D eigenvalue weighted by molar-refractivity contribution is 4.69. The van der Waals surface area contributed by atoms with Crippen molar-refractivity contribution in [1.29, 1.82) is 0 Å². The number of hydrogen-bond donors (Lipinski definition) is 1. The zero-order valence-corrected chi connectivity index (χ0v) is 7.60. The van der Waals surface area contributed by atoms with Gasteiger partial charge in [-0.3, -0.25) is 0 Å². The molecule has 0 aliphatic carbocycles. The Kier molecular flexibility index (Phi) is 5.95. The summed E-state index contributed by atoms with van der Waals surface area (Å²) in [5.41, 5.74) is 0. The Hall–Kier alpha value is -0.0500. The number of rotatable bonds is 3. The molecule has 0 fully saturated rings. The fraction of sp³-hybridized carbons (Fsp3) is 0.714. The third-order valence-electron chi connectivity index (χ3n) is 1.59. The average molecular weight is 166 g/mol. The predicted molar refractivity (Wildman–Crippen MR) is 38.2 cm³/mol. The maximum Gasteiger partial charge on any atom is 0.119 e. The molecule has 62 valence electrons. The first-order valence-corrected chi connectivity index (χ1v) is 3.15. The second-order valence-corrected chi connectivity index (χ2v) is 2.85. The van der Waals surface area contributed by atoms with E-state index in [1.807, 2.05) is 13.0 Å². The van der Waals surface area contributed by atoms with E-state index < -0.39 is 0 Å². The molecule has 3 heteroatoms. The molecule has 0 saturated carbocycles. The Morgan fingerprint density at radius 3 is 2.10 bits per heavy atom. The lowest BCUT2D eigenvalue weighted by atomic mass is 10.2. The first-order valence-electron chi connectivity index (χ1n) is 3.15. The van der Waals surface area contributed by atoms with E-state index in [1.54, 1.807) is 14.1 Å². The summed E-state index contributed by atoms with van der Waals surface area (Å²) < 4.78 is 0.0199. The molecule has 10 heavy (non-hydrogen) atoms. The predicted octanol–water partition coefficient (Wildman–Crippen LogP) is -1.58. The Balaban J connectivity index is 0. The number of quaternary nitrogens is 1. The molecule has 0 aromatic heterocycles. The molecular formula is C7H16ClNO. The molecule has 0 aliphatic heterocycles. The summed E-state index contributed by atoms with van der Waals surface area (Å²) in [6.45, 7) is 5.58. The van der Waals surface area contributed by atoms with Crippen molar-refractivity contribution in [2.75, 3.05) is 14.1 Å². The van der Waals surface area contributed by atoms with Gasteiger partial charge in [0.2, 0.25) is 0 Å². The normalized spacial score (nSPS) is 13.6. The van der Waals surface area contributed by atoms with Crippen molar-refractivity contribution in [3.05, 3.63) is 12.7 Å². The zero-order chi connectivity index (χ0) is 7.49. The van der Waals surface area contributed by atoms with Gasteiger partial charge in [0.25, 0.3) is 0 Å². The second-order valence-electron chi connectivity index (χ2n) is 2.85. The van der Waals surface area contributed by atoms with Gasteiger partial charge < -0.3 is 12.4 Å². The smallest absolute Gasteiger partial charge is 0.119 e. The number of halogens is 1. The SMILES string of the molecule is C=CCC(C)[N+](C)(C)O.[Cl-]. The van der Waals surface area contributed by atoms with Crippen molar-refractivity contribution in [2.24, 2.45) is 0 Å². The molecule has 2 nitrogen and oxygen atoms in total. The molecule has 1 unspecified atom stereocenters. The summed E-state index contributed by atoms with van der Waals surface area (Å²) in [6.07, 6.45) is 2.67. The Morgan fingerprint density at radius 2 is 2.00 bits per heavy atom. The van der Waals surface area contributed by atoms with Crippen LogP contribution in [-0.4, -0.2) is 30.0 Å². The highest BCUT2D eigenvalue weighted by Gasteiger charge is 2.19. The van der Waals surface area contributed by atoms with Gasteiger partial charge in [-0.1, -0.05) is 6.08 Å². The van der Waals surface area contributed by atoms with E-state index in [9.17, 15) is 5.21 Å². The topological polar surface area (TPSA) is 20.2 Å². The van der Waals surface area contributed by atoms with E-state index in [0.717, 1.165) is 6.42 Å². The van der Waals surface area contributed by atoms with Crippen LogP contribution in [-0.2, 0) is 0 Å². The van der Waals surface area contributed by atoms with E-state index >= 15 is 0 Å². The van der Waals surface area contributed by atoms with Crippen LogP contribution in [0.1, 0.15) is 13.3 Å². The van der Waals surface area contributed by atoms with Crippen molar-refractivity contribution in [3.8, 4) is 0 Å². The fourth-order valence-corrected chi connectivity index (χ4v) is 0.499. The molecule has 0 aliphatic rings. The van der Waals surface area contributed by atoms with Gasteiger partial charge in [0.05, 0.1) is 14.1 Å². The van der Waals surface area contributed by atoms with Gasteiger partial charge in [-0.25, -0.2) is 5.21 Å². The Bertz CT molecular complexity index is 98.3. The minimum Gasteiger partial charge on any atom is -1.00 e. The molecule has 0 heterocycles. The monoisotopic (exact) mass is 165 g/mol. The van der Waals surface area contributed by atoms with Crippen molar-refractivity contribution < 1.29 is 22.3 Å². The standard InChI is InChI=1S/C7H16NO.ClH/c1-5-6-7(2)8(3,4)9;/h5,7,9H,1,6H2,2-4H3;1H/q+1;/p-1. The Labute approximate surface area is 69.1 Å². The van der Waals surface area contributed by atoms with Crippen LogP contribution in [0.3, 0.4) is 0 Å². The van der Waals surface area contributed by atoms with Gasteiger partial charge in [0, 0.05) is 6.42 Å². The third-order valence-corrected chi connectivity index (χ3v) is 1.59. The van der Waals surface area contributed by atoms with Crippen LogP contribution >= 0.6 is 0 Å². The van der Waals surface area contributed by atoms with Crippen LogP contribution in [0.2, 0.25) is 0 Å². The van der Waals surface area contributed by atoms with Crippen LogP contribution in [0.25, 0.3) is 0 Å². The lowest BCUT2D eigenvalue weighted by molar-refractivity contribution is -1.09. The van der Waals surface area contributed by atoms with Gasteiger partial charge >= 0.3 is 0 Å². The van der Waals surface area contributed by atoms with Crippen molar-refractivity contribution >= 4 is 0 Å². The molecular weight excluding hydrogens is 150 g/mol. The van der Waals surface area contributed by atoms with Crippen molar-refractivity contribution in [1.82, 2.24) is 0 Å². The molecule has 1 atom stereocenters. The summed E-state index contributed by atoms with van der Waals surface area (Å²) >= 11 is 0. The summed E-state index contributed by atoms with van der Waals surface area (Å²) in [5, 5.41) is 9.31. The number of hydroxylamine groups is 3. The maximum atomic E-state index is 9.31. The molecule has 0 saturated heterocycles. The van der Waals surface area contributed by atoms with Gasteiger partial charge in [0.1, 0.15) is 6.04 Å². The lowest BCUT2D eigenvalue weighted by Gasteiger charge is -2.26. The van der Waals surface area contributed by atoms with Crippen LogP contribution in [0.4, 0.5) is 0 Å². The lowest BCUT2D eigenvalue weighted by Crippen LogP contribution is -3.00. The summed E-state index contributed by atoms with van der Waals surface area (Å²) in [6, 6.07) is 0.238. The van der Waals surface area contributed by atoms with Gasteiger partial charge in [-0.15, -0.1) is 6.58 Å². The third kappa shape index (κ3) is 4.79. The van der Waals surface area contributed by atoms with E-state index in [-0.39, 0.29) is 23.1 Å². The van der Waals surface area contributed by atoms with E-state index in [0.29, 0.717) is 0 Å². The molecule has 0 bridgehead atoms. The maximum absolute atomic E-state index is 9.31. The largest absolute Gasteiger partial charge is 1.00 e. The quantitative estimate of drug-likeness (QED) is 0.304. The summed E-state index contributed by atoms with van der Waals surface area (Å²) in [7, 11) is 3.52. The van der Waals surface area contributed by atoms with E-state index in [1.165, 1.54) is 0 Å². The minimum atomic E-state index is 0. The Morgan fingerprint density at radius 1 is 1.60 bits per heavy atom. The van der Waals surface area contributed by atoms with Gasteiger partial charge in [-0.05, 0) is 6.92 Å². The summed E-state index contributed by atoms with van der Waals surface area (Å²) in [4.78, 5) is 0. The van der Waals surface area contributed by atoms with E-state index in [2.05, 4.69) is 6.58 Å².